The number of rotatable bonds is 9. The molecule has 0 aliphatic carbocycles. The van der Waals surface area contributed by atoms with E-state index in [2.05, 4.69) is 27.3 Å². The predicted octanol–water partition coefficient (Wildman–Crippen LogP) is 1.38. The van der Waals surface area contributed by atoms with Gasteiger partial charge in [0.05, 0.1) is 22.1 Å². The topological polar surface area (TPSA) is 82.5 Å². The Hall–Kier alpha value is -2.74. The smallest absolute Gasteiger partial charge is 0.199 e. The molecule has 0 aliphatic heterocycles. The van der Waals surface area contributed by atoms with Crippen LogP contribution in [0, 0.1) is 0 Å². The van der Waals surface area contributed by atoms with E-state index in [0.717, 1.165) is 54.0 Å². The fraction of sp³-hybridized carbons (Fsp3) is 0.333. The molecule has 0 unspecified atom stereocenters. The van der Waals surface area contributed by atoms with Crippen molar-refractivity contribution in [3.8, 4) is 0 Å². The first-order valence-corrected chi connectivity index (χ1v) is 9.68. The molecule has 4 rings (SSSR count). The molecular formula is C21H26N6O. The van der Waals surface area contributed by atoms with Crippen LogP contribution in [0.25, 0.3) is 27.2 Å². The lowest BCUT2D eigenvalue weighted by Crippen LogP contribution is -2.24. The van der Waals surface area contributed by atoms with E-state index in [1.807, 2.05) is 48.9 Å². The van der Waals surface area contributed by atoms with Gasteiger partial charge in [0.1, 0.15) is 0 Å². The lowest BCUT2D eigenvalue weighted by molar-refractivity contribution is 0.641. The molecule has 0 radical (unpaired) electrons. The Morgan fingerprint density at radius 1 is 0.929 bits per heavy atom. The van der Waals surface area contributed by atoms with E-state index in [4.69, 9.17) is 5.10 Å². The normalized spacial score (nSPS) is 11.8. The minimum absolute atomic E-state index is 0.0512. The van der Waals surface area contributed by atoms with Gasteiger partial charge < -0.3 is 21.3 Å². The Bertz CT molecular complexity index is 1150. The van der Waals surface area contributed by atoms with Gasteiger partial charge in [-0.3, -0.25) is 4.79 Å². The average molecular weight is 378 g/mol. The SMILES string of the molecule is CNCCNCc1nn2c3ccccc3c(=O)c3c(NCCNC)ccc1c32. The summed E-state index contributed by atoms with van der Waals surface area (Å²) in [6.45, 7) is 3.98. The number of hydrogen-bond acceptors (Lipinski definition) is 6. The number of aromatic nitrogens is 2. The zero-order valence-corrected chi connectivity index (χ0v) is 16.3. The first-order chi connectivity index (χ1) is 13.8. The van der Waals surface area contributed by atoms with Crippen molar-refractivity contribution in [3.05, 3.63) is 52.3 Å². The van der Waals surface area contributed by atoms with Gasteiger partial charge in [-0.2, -0.15) is 5.10 Å². The Kier molecular flexibility index (Phi) is 5.38. The fourth-order valence-electron chi connectivity index (χ4n) is 3.68. The third-order valence-electron chi connectivity index (χ3n) is 5.06. The van der Waals surface area contributed by atoms with Crippen LogP contribution in [0.4, 0.5) is 5.69 Å². The van der Waals surface area contributed by atoms with Crippen molar-refractivity contribution >= 4 is 32.9 Å². The number of para-hydroxylation sites is 1. The van der Waals surface area contributed by atoms with E-state index in [9.17, 15) is 4.79 Å². The van der Waals surface area contributed by atoms with E-state index >= 15 is 0 Å². The van der Waals surface area contributed by atoms with Gasteiger partial charge in [0, 0.05) is 49.2 Å². The number of likely N-dealkylation sites (N-methyl/N-ethyl adjacent to an activating group) is 2. The zero-order chi connectivity index (χ0) is 19.5. The maximum atomic E-state index is 13.3. The molecule has 2 heterocycles. The third-order valence-corrected chi connectivity index (χ3v) is 5.06. The molecule has 0 spiro atoms. The highest BCUT2D eigenvalue weighted by Crippen LogP contribution is 2.30. The number of hydrogen-bond donors (Lipinski definition) is 4. The summed E-state index contributed by atoms with van der Waals surface area (Å²) in [5.41, 5.74) is 3.61. The van der Waals surface area contributed by atoms with Crippen molar-refractivity contribution < 1.29 is 0 Å². The number of benzene rings is 2. The Morgan fingerprint density at radius 2 is 1.71 bits per heavy atom. The molecule has 0 amide bonds. The van der Waals surface area contributed by atoms with E-state index in [1.165, 1.54) is 0 Å². The number of pyridine rings is 1. The molecule has 7 heteroatoms. The number of anilines is 1. The van der Waals surface area contributed by atoms with Crippen molar-refractivity contribution in [2.45, 2.75) is 6.54 Å². The standard InChI is InChI=1S/C21H26N6O/c1-22-9-11-24-13-17-14-7-8-16(25-12-10-23-2)19-20(14)27(26-17)18-6-4-3-5-15(18)21(19)28/h3-8,22-25H,9-13H2,1-2H3. The molecule has 4 N–H and O–H groups in total. The second-order valence-electron chi connectivity index (χ2n) is 6.90. The predicted molar refractivity (Wildman–Crippen MR) is 116 cm³/mol. The van der Waals surface area contributed by atoms with E-state index < -0.39 is 0 Å². The Morgan fingerprint density at radius 3 is 2.54 bits per heavy atom. The highest BCUT2D eigenvalue weighted by molar-refractivity contribution is 6.08. The second-order valence-corrected chi connectivity index (χ2v) is 6.90. The number of fused-ring (bicyclic) bond motifs is 2. The van der Waals surface area contributed by atoms with Gasteiger partial charge >= 0.3 is 0 Å². The highest BCUT2D eigenvalue weighted by Gasteiger charge is 2.19. The lowest BCUT2D eigenvalue weighted by atomic mass is 10.1. The van der Waals surface area contributed by atoms with Crippen molar-refractivity contribution in [2.75, 3.05) is 45.6 Å². The van der Waals surface area contributed by atoms with Gasteiger partial charge in [-0.25, -0.2) is 4.52 Å². The van der Waals surface area contributed by atoms with Crippen LogP contribution >= 0.6 is 0 Å². The van der Waals surface area contributed by atoms with Crippen molar-refractivity contribution in [2.24, 2.45) is 0 Å². The molecule has 4 aromatic rings. The van der Waals surface area contributed by atoms with Crippen LogP contribution in [0.15, 0.2) is 41.2 Å². The van der Waals surface area contributed by atoms with E-state index in [-0.39, 0.29) is 5.43 Å². The fourth-order valence-corrected chi connectivity index (χ4v) is 3.68. The van der Waals surface area contributed by atoms with Crippen molar-refractivity contribution in [3.63, 3.8) is 0 Å². The largest absolute Gasteiger partial charge is 0.383 e. The van der Waals surface area contributed by atoms with Crippen LogP contribution in [0.1, 0.15) is 5.69 Å². The third kappa shape index (κ3) is 3.17. The summed E-state index contributed by atoms with van der Waals surface area (Å²) in [6, 6.07) is 11.8. The summed E-state index contributed by atoms with van der Waals surface area (Å²) in [7, 11) is 3.85. The first kappa shape index (κ1) is 18.6. The summed E-state index contributed by atoms with van der Waals surface area (Å²) in [4.78, 5) is 13.3. The molecule has 0 saturated heterocycles. The molecular weight excluding hydrogens is 352 g/mol. The molecule has 0 aliphatic rings. The maximum absolute atomic E-state index is 13.3. The minimum atomic E-state index is 0.0512. The van der Waals surface area contributed by atoms with Crippen LogP contribution in [0.3, 0.4) is 0 Å². The Balaban J connectivity index is 1.91. The summed E-state index contributed by atoms with van der Waals surface area (Å²) < 4.78 is 1.93. The second kappa shape index (κ2) is 8.10. The summed E-state index contributed by atoms with van der Waals surface area (Å²) in [5.74, 6) is 0. The maximum Gasteiger partial charge on any atom is 0.199 e. The minimum Gasteiger partial charge on any atom is -0.383 e. The van der Waals surface area contributed by atoms with Crippen molar-refractivity contribution in [1.82, 2.24) is 25.6 Å². The van der Waals surface area contributed by atoms with E-state index in [0.29, 0.717) is 17.3 Å². The van der Waals surface area contributed by atoms with Gasteiger partial charge in [0.15, 0.2) is 5.43 Å². The number of nitrogens with one attached hydrogen (secondary N) is 4. The Labute approximate surface area is 163 Å². The van der Waals surface area contributed by atoms with Gasteiger partial charge in [0.25, 0.3) is 0 Å². The van der Waals surface area contributed by atoms with Crippen molar-refractivity contribution in [1.29, 1.82) is 0 Å². The summed E-state index contributed by atoms with van der Waals surface area (Å²) in [6.07, 6.45) is 0. The molecule has 2 aromatic carbocycles. The van der Waals surface area contributed by atoms with Crippen LogP contribution in [-0.4, -0.2) is 49.9 Å². The van der Waals surface area contributed by atoms with Gasteiger partial charge in [-0.05, 0) is 38.4 Å². The van der Waals surface area contributed by atoms with Crippen LogP contribution < -0.4 is 26.7 Å². The molecule has 146 valence electrons. The first-order valence-electron chi connectivity index (χ1n) is 9.68. The molecule has 0 fully saturated rings. The van der Waals surface area contributed by atoms with Gasteiger partial charge in [-0.1, -0.05) is 12.1 Å². The van der Waals surface area contributed by atoms with Gasteiger partial charge in [0.2, 0.25) is 0 Å². The molecule has 0 bridgehead atoms. The number of nitrogens with zero attached hydrogens (tertiary/aromatic N) is 2. The summed E-state index contributed by atoms with van der Waals surface area (Å²) in [5, 5.41) is 20.4. The van der Waals surface area contributed by atoms with Crippen LogP contribution in [0.2, 0.25) is 0 Å². The summed E-state index contributed by atoms with van der Waals surface area (Å²) >= 11 is 0. The zero-order valence-electron chi connectivity index (χ0n) is 16.3. The average Bonchev–Trinajstić information content (AvgIpc) is 3.09. The molecule has 7 nitrogen and oxygen atoms in total. The molecule has 2 aromatic heterocycles. The van der Waals surface area contributed by atoms with Gasteiger partial charge in [-0.15, -0.1) is 0 Å². The lowest BCUT2D eigenvalue weighted by Gasteiger charge is -2.11. The quantitative estimate of drug-likeness (QED) is 0.260. The van der Waals surface area contributed by atoms with Crippen LogP contribution in [-0.2, 0) is 6.54 Å². The van der Waals surface area contributed by atoms with E-state index in [1.54, 1.807) is 0 Å². The molecule has 0 saturated carbocycles. The monoisotopic (exact) mass is 378 g/mol. The molecule has 28 heavy (non-hydrogen) atoms. The molecule has 0 atom stereocenters. The highest BCUT2D eigenvalue weighted by atomic mass is 16.1. The van der Waals surface area contributed by atoms with Crippen LogP contribution in [0.5, 0.6) is 0 Å².